The molecule has 0 bridgehead atoms. The zero-order valence-corrected chi connectivity index (χ0v) is 80.0. The van der Waals surface area contributed by atoms with Crippen LogP contribution >= 0.6 is 0 Å². The molecule has 0 saturated carbocycles. The molecule has 0 saturated heterocycles. The molecule has 0 atom stereocenters. The molecule has 0 aliphatic heterocycles. The molecule has 0 N–H and O–H groups in total. The Bertz CT molecular complexity index is 9030. The van der Waals surface area contributed by atoms with Gasteiger partial charge in [-0.05, 0) is 274 Å². The Balaban J connectivity index is 0.000000117. The van der Waals surface area contributed by atoms with Crippen molar-refractivity contribution < 1.29 is 0 Å². The lowest BCUT2D eigenvalue weighted by molar-refractivity contribution is 1.30. The Labute approximate surface area is 847 Å². The average Bonchev–Trinajstić information content (AvgIpc) is 0.748. The molecule has 26 rings (SSSR count). The first-order valence-corrected chi connectivity index (χ1v) is 49.8. The fourth-order valence-electron chi connectivity index (χ4n) is 21.1. The van der Waals surface area contributed by atoms with Crippen molar-refractivity contribution in [2.75, 3.05) is 14.7 Å². The first-order valence-electron chi connectivity index (χ1n) is 49.8. The number of fused-ring (bicyclic) bond motifs is 8. The van der Waals surface area contributed by atoms with Crippen LogP contribution < -0.4 is 14.7 Å². The lowest BCUT2D eigenvalue weighted by Crippen LogP contribution is -2.11. The second kappa shape index (κ2) is 40.4. The van der Waals surface area contributed by atoms with E-state index in [1.54, 1.807) is 0 Å². The van der Waals surface area contributed by atoms with E-state index in [2.05, 4.69) is 615 Å². The zero-order valence-electron chi connectivity index (χ0n) is 80.0. The summed E-state index contributed by atoms with van der Waals surface area (Å²) in [7, 11) is 0. The fraction of sp³-hybridized carbons (Fsp3) is 0. The molecule has 0 amide bonds. The minimum absolute atomic E-state index is 1.11. The summed E-state index contributed by atoms with van der Waals surface area (Å²) in [5, 5.41) is 17.3. The molecule has 26 aromatic rings. The third-order valence-corrected chi connectivity index (χ3v) is 28.2. The predicted octanol–water partition coefficient (Wildman–Crippen LogP) is 40.2. The normalized spacial score (nSPS) is 11.2. The van der Waals surface area contributed by atoms with Crippen LogP contribution in [-0.2, 0) is 0 Å². The lowest BCUT2D eigenvalue weighted by Gasteiger charge is -2.28. The SMILES string of the molecule is c1ccc(-c2ccc(-c3ccc(N(c4ccc(-c5ccccc5)cc4)c4cccc5ccccc45)cc3-c3ccccc3)cc2)cc1.c1ccc(-c2ccc(N(c3ccc(-c4c5ccccc5cc5ccccc45)c(-c4ccccc4)c3)c3cccc4ccccc34)cc2)cc1.c1ccc(-c2ccc(N(c3ccc(-c4cc5ccccc5c5ccccc45)c(-c4ccccc4)c3)c3cccc4ccccc34)cc2)cc1. The molecule has 145 heavy (non-hydrogen) atoms. The van der Waals surface area contributed by atoms with Crippen molar-refractivity contribution in [3.63, 3.8) is 0 Å². The molecule has 0 spiro atoms. The van der Waals surface area contributed by atoms with Crippen LogP contribution in [0.5, 0.6) is 0 Å². The predicted molar refractivity (Wildman–Crippen MR) is 620 cm³/mol. The molecule has 0 fully saturated rings. The van der Waals surface area contributed by atoms with E-state index in [1.807, 2.05) is 0 Å². The molecule has 0 radical (unpaired) electrons. The fourth-order valence-corrected chi connectivity index (χ4v) is 21.1. The van der Waals surface area contributed by atoms with Crippen LogP contribution in [0.3, 0.4) is 0 Å². The maximum Gasteiger partial charge on any atom is 0.0540 e. The average molecular weight is 1850 g/mol. The van der Waals surface area contributed by atoms with Gasteiger partial charge in [-0.2, -0.15) is 0 Å². The standard InChI is InChI=1S/2C48H33N.C46H33N/c1-3-14-34(15-4-1)35-26-28-40(29-27-35)49(47-25-13-21-36-18-7-10-22-42(36)47)41-30-31-45(46(33-41)37-16-5-2-6-17-37)48-43-23-11-8-19-38(43)32-39-20-9-12-24-44(39)48;1-3-14-34(15-4-1)35-26-28-39(29-27-35)49(48-25-13-20-36-18-7-10-22-42(36)48)40-30-31-45(46(33-40)37-16-5-2-6-17-37)47-32-38-19-8-9-21-41(38)43-23-11-12-24-44(43)47;1-4-13-34(14-5-1)36-23-25-40(26-24-36)43-32-31-42(33-45(43)39-17-8-3-9-18-39)47(46-22-12-20-38-19-10-11-21-44(38)46)41-29-27-37(28-30-41)35-15-6-2-7-16-35/h2*1-33H;1-33H. The van der Waals surface area contributed by atoms with Gasteiger partial charge >= 0.3 is 0 Å². The minimum atomic E-state index is 1.11. The van der Waals surface area contributed by atoms with Crippen LogP contribution in [-0.4, -0.2) is 0 Å². The minimum Gasteiger partial charge on any atom is -0.310 e. The van der Waals surface area contributed by atoms with Crippen molar-refractivity contribution in [1.29, 1.82) is 0 Å². The van der Waals surface area contributed by atoms with E-state index in [-0.39, 0.29) is 0 Å². The molecule has 0 aliphatic carbocycles. The van der Waals surface area contributed by atoms with Gasteiger partial charge in [-0.3, -0.25) is 0 Å². The molecule has 26 aromatic carbocycles. The van der Waals surface area contributed by atoms with E-state index >= 15 is 0 Å². The Kier molecular flexibility index (Phi) is 24.7. The molecule has 0 unspecified atom stereocenters. The highest BCUT2D eigenvalue weighted by molar-refractivity contribution is 6.17. The van der Waals surface area contributed by atoms with Gasteiger partial charge in [0.15, 0.2) is 0 Å². The summed E-state index contributed by atoms with van der Waals surface area (Å²) in [6, 6.07) is 217. The summed E-state index contributed by atoms with van der Waals surface area (Å²) in [4.78, 5) is 7.21. The highest BCUT2D eigenvalue weighted by atomic mass is 15.2. The number of rotatable bonds is 19. The van der Waals surface area contributed by atoms with E-state index in [1.165, 1.54) is 187 Å². The van der Waals surface area contributed by atoms with Gasteiger partial charge in [0.25, 0.3) is 0 Å². The van der Waals surface area contributed by atoms with Crippen LogP contribution in [0.4, 0.5) is 51.2 Å². The lowest BCUT2D eigenvalue weighted by atomic mass is 9.87. The summed E-state index contributed by atoms with van der Waals surface area (Å²) >= 11 is 0. The third kappa shape index (κ3) is 18.1. The molecule has 0 heterocycles. The molecular weight excluding hydrogens is 1750 g/mol. The smallest absolute Gasteiger partial charge is 0.0540 e. The van der Waals surface area contributed by atoms with E-state index in [0.29, 0.717) is 0 Å². The number of anilines is 9. The number of benzene rings is 26. The Morgan fingerprint density at radius 2 is 0.317 bits per heavy atom. The van der Waals surface area contributed by atoms with Gasteiger partial charge < -0.3 is 14.7 Å². The number of hydrogen-bond acceptors (Lipinski definition) is 3. The molecule has 0 aromatic heterocycles. The second-order valence-corrected chi connectivity index (χ2v) is 36.9. The molecular formula is C142H99N3. The Hall–Kier alpha value is -19.1. The molecule has 3 heteroatoms. The van der Waals surface area contributed by atoms with E-state index in [9.17, 15) is 0 Å². The van der Waals surface area contributed by atoms with Crippen molar-refractivity contribution in [1.82, 2.24) is 0 Å². The third-order valence-electron chi connectivity index (χ3n) is 28.2. The van der Waals surface area contributed by atoms with Crippen LogP contribution in [0.15, 0.2) is 601 Å². The molecule has 3 nitrogen and oxygen atoms in total. The van der Waals surface area contributed by atoms with Gasteiger partial charge in [0, 0.05) is 50.3 Å². The second-order valence-electron chi connectivity index (χ2n) is 36.9. The largest absolute Gasteiger partial charge is 0.310 e. The van der Waals surface area contributed by atoms with E-state index in [0.717, 1.165) is 51.2 Å². The number of nitrogens with zero attached hydrogens (tertiary/aromatic N) is 3. The van der Waals surface area contributed by atoms with Gasteiger partial charge in [0.1, 0.15) is 0 Å². The van der Waals surface area contributed by atoms with Gasteiger partial charge in [0.05, 0.1) is 17.1 Å². The summed E-state index contributed by atoms with van der Waals surface area (Å²) in [6.45, 7) is 0. The van der Waals surface area contributed by atoms with Crippen molar-refractivity contribution in [3.8, 4) is 111 Å². The van der Waals surface area contributed by atoms with Gasteiger partial charge in [-0.1, -0.05) is 497 Å². The highest BCUT2D eigenvalue weighted by Crippen LogP contribution is 2.51. The summed E-state index contributed by atoms with van der Waals surface area (Å²) in [5.74, 6) is 0. The molecule has 682 valence electrons. The van der Waals surface area contributed by atoms with Gasteiger partial charge in [0.2, 0.25) is 0 Å². The maximum atomic E-state index is 2.41. The number of hydrogen-bond donors (Lipinski definition) is 0. The van der Waals surface area contributed by atoms with Crippen molar-refractivity contribution in [3.05, 3.63) is 601 Å². The van der Waals surface area contributed by atoms with E-state index in [4.69, 9.17) is 0 Å². The van der Waals surface area contributed by atoms with Crippen LogP contribution in [0.1, 0.15) is 0 Å². The van der Waals surface area contributed by atoms with Crippen molar-refractivity contribution in [2.45, 2.75) is 0 Å². The highest BCUT2D eigenvalue weighted by Gasteiger charge is 2.26. The first-order chi connectivity index (χ1) is 71.9. The summed E-state index contributed by atoms with van der Waals surface area (Å²) in [6.07, 6.45) is 0. The van der Waals surface area contributed by atoms with Crippen LogP contribution in [0.25, 0.3) is 187 Å². The van der Waals surface area contributed by atoms with Crippen molar-refractivity contribution >= 4 is 127 Å². The summed E-state index contributed by atoms with van der Waals surface area (Å²) in [5.41, 5.74) is 34.3. The first kappa shape index (κ1) is 88.6. The zero-order chi connectivity index (χ0) is 96.6. The van der Waals surface area contributed by atoms with Gasteiger partial charge in [-0.25, -0.2) is 0 Å². The van der Waals surface area contributed by atoms with Crippen LogP contribution in [0, 0.1) is 0 Å². The summed E-state index contributed by atoms with van der Waals surface area (Å²) < 4.78 is 0. The van der Waals surface area contributed by atoms with Crippen LogP contribution in [0.2, 0.25) is 0 Å². The quantitative estimate of drug-likeness (QED) is 0.0590. The van der Waals surface area contributed by atoms with E-state index < -0.39 is 0 Å². The van der Waals surface area contributed by atoms with Crippen molar-refractivity contribution in [2.24, 2.45) is 0 Å². The Morgan fingerprint density at radius 1 is 0.0966 bits per heavy atom. The monoisotopic (exact) mass is 1850 g/mol. The topological polar surface area (TPSA) is 9.72 Å². The Morgan fingerprint density at radius 3 is 0.669 bits per heavy atom. The maximum absolute atomic E-state index is 2.41. The molecule has 0 aliphatic rings. The van der Waals surface area contributed by atoms with Gasteiger partial charge in [-0.15, -0.1) is 0 Å².